The maximum Gasteiger partial charge on any atom is 0.244 e. The van der Waals surface area contributed by atoms with E-state index in [1.54, 1.807) is 30.3 Å². The van der Waals surface area contributed by atoms with Crippen molar-refractivity contribution in [3.63, 3.8) is 0 Å². The summed E-state index contributed by atoms with van der Waals surface area (Å²) in [6.07, 6.45) is 3.85. The van der Waals surface area contributed by atoms with Gasteiger partial charge in [-0.3, -0.25) is 4.79 Å². The van der Waals surface area contributed by atoms with Crippen molar-refractivity contribution < 1.29 is 22.7 Å². The summed E-state index contributed by atoms with van der Waals surface area (Å²) in [6.45, 7) is 4.60. The quantitative estimate of drug-likeness (QED) is 0.601. The van der Waals surface area contributed by atoms with Gasteiger partial charge in [0.2, 0.25) is 15.9 Å². The van der Waals surface area contributed by atoms with Gasteiger partial charge in [-0.1, -0.05) is 24.3 Å². The number of hydrogen-bond acceptors (Lipinski definition) is 5. The summed E-state index contributed by atoms with van der Waals surface area (Å²) in [4.78, 5) is 12.3. The molecule has 0 unspecified atom stereocenters. The van der Waals surface area contributed by atoms with Crippen LogP contribution in [0, 0.1) is 0 Å². The predicted octanol–water partition coefficient (Wildman–Crippen LogP) is 2.48. The summed E-state index contributed by atoms with van der Waals surface area (Å²) in [5.41, 5.74) is 1.87. The number of sulfonamides is 1. The van der Waals surface area contributed by atoms with Gasteiger partial charge < -0.3 is 14.8 Å². The second-order valence-corrected chi connectivity index (χ2v) is 8.97. The van der Waals surface area contributed by atoms with Gasteiger partial charge in [0.25, 0.3) is 0 Å². The molecular weight excluding hydrogens is 416 g/mol. The van der Waals surface area contributed by atoms with E-state index in [9.17, 15) is 13.2 Å². The predicted molar refractivity (Wildman–Crippen MR) is 119 cm³/mol. The van der Waals surface area contributed by atoms with E-state index >= 15 is 0 Å². The van der Waals surface area contributed by atoms with Gasteiger partial charge in [0.05, 0.1) is 24.7 Å². The molecule has 7 nitrogen and oxygen atoms in total. The number of carbonyl (C=O) groups is 1. The molecule has 1 fully saturated rings. The lowest BCUT2D eigenvalue weighted by molar-refractivity contribution is -0.116. The second-order valence-electron chi connectivity index (χ2n) is 7.04. The minimum absolute atomic E-state index is 0.180. The smallest absolute Gasteiger partial charge is 0.244 e. The lowest BCUT2D eigenvalue weighted by Gasteiger charge is -2.26. The first kappa shape index (κ1) is 23.0. The molecule has 31 heavy (non-hydrogen) atoms. The molecule has 8 heteroatoms. The van der Waals surface area contributed by atoms with Crippen LogP contribution in [0.3, 0.4) is 0 Å². The Morgan fingerprint density at radius 1 is 1.10 bits per heavy atom. The fourth-order valence-electron chi connectivity index (χ4n) is 3.17. The number of rotatable bonds is 9. The highest BCUT2D eigenvalue weighted by Gasteiger charge is 2.25. The van der Waals surface area contributed by atoms with E-state index in [1.165, 1.54) is 10.4 Å². The van der Waals surface area contributed by atoms with Gasteiger partial charge in [0.15, 0.2) is 0 Å². The minimum Gasteiger partial charge on any atom is -0.494 e. The van der Waals surface area contributed by atoms with Crippen molar-refractivity contribution in [3.8, 4) is 5.75 Å². The molecule has 0 aromatic heterocycles. The third-order valence-electron chi connectivity index (χ3n) is 4.86. The molecule has 0 atom stereocenters. The highest BCUT2D eigenvalue weighted by Crippen LogP contribution is 2.18. The summed E-state index contributed by atoms with van der Waals surface area (Å²) >= 11 is 0. The molecule has 0 saturated carbocycles. The standard InChI is InChI=1S/C23H28N2O5S/c1-2-30-21-8-3-19(4-9-21)7-12-23(26)24-14-13-20-5-10-22(11-6-20)31(27,28)25-15-17-29-18-16-25/h3-12H,2,13-18H2,1H3,(H,24,26)/b12-7+. The second kappa shape index (κ2) is 11.1. The van der Waals surface area contributed by atoms with Crippen LogP contribution < -0.4 is 10.1 Å². The molecule has 0 spiro atoms. The molecule has 1 saturated heterocycles. The van der Waals surface area contributed by atoms with Gasteiger partial charge in [-0.05, 0) is 54.8 Å². The van der Waals surface area contributed by atoms with Gasteiger partial charge in [0.1, 0.15) is 5.75 Å². The third kappa shape index (κ3) is 6.65. The van der Waals surface area contributed by atoms with Crippen molar-refractivity contribution in [2.45, 2.75) is 18.2 Å². The normalized spacial score (nSPS) is 15.1. The van der Waals surface area contributed by atoms with E-state index in [-0.39, 0.29) is 10.8 Å². The summed E-state index contributed by atoms with van der Waals surface area (Å²) < 4.78 is 37.3. The van der Waals surface area contributed by atoms with Crippen LogP contribution in [-0.4, -0.2) is 58.1 Å². The van der Waals surface area contributed by atoms with Crippen LogP contribution in [0.1, 0.15) is 18.1 Å². The fourth-order valence-corrected chi connectivity index (χ4v) is 4.57. The zero-order valence-corrected chi connectivity index (χ0v) is 18.4. The van der Waals surface area contributed by atoms with Crippen LogP contribution in [0.4, 0.5) is 0 Å². The fraction of sp³-hybridized carbons (Fsp3) is 0.348. The van der Waals surface area contributed by atoms with Crippen LogP contribution in [0.5, 0.6) is 5.75 Å². The molecule has 0 radical (unpaired) electrons. The number of carbonyl (C=O) groups excluding carboxylic acids is 1. The van der Waals surface area contributed by atoms with Crippen molar-refractivity contribution in [3.05, 3.63) is 65.7 Å². The first-order valence-corrected chi connectivity index (χ1v) is 11.8. The largest absolute Gasteiger partial charge is 0.494 e. The van der Waals surface area contributed by atoms with Crippen LogP contribution in [-0.2, 0) is 26.0 Å². The SMILES string of the molecule is CCOc1ccc(/C=C/C(=O)NCCc2ccc(S(=O)(=O)N3CCOCC3)cc2)cc1. The van der Waals surface area contributed by atoms with E-state index in [0.29, 0.717) is 45.9 Å². The molecule has 1 amide bonds. The van der Waals surface area contributed by atoms with Crippen LogP contribution in [0.15, 0.2) is 59.5 Å². The molecule has 1 heterocycles. The van der Waals surface area contributed by atoms with Gasteiger partial charge in [-0.25, -0.2) is 8.42 Å². The van der Waals surface area contributed by atoms with Crippen molar-refractivity contribution in [2.24, 2.45) is 0 Å². The Labute approximate surface area is 183 Å². The molecule has 2 aromatic rings. The van der Waals surface area contributed by atoms with Crippen LogP contribution in [0.2, 0.25) is 0 Å². The molecule has 1 aliphatic heterocycles. The number of nitrogens with zero attached hydrogens (tertiary/aromatic N) is 1. The topological polar surface area (TPSA) is 84.9 Å². The maximum absolute atomic E-state index is 12.6. The Kier molecular flexibility index (Phi) is 8.22. The lowest BCUT2D eigenvalue weighted by Crippen LogP contribution is -2.40. The average molecular weight is 445 g/mol. The zero-order chi connectivity index (χ0) is 22.1. The van der Waals surface area contributed by atoms with Gasteiger partial charge in [-0.15, -0.1) is 0 Å². The van der Waals surface area contributed by atoms with Gasteiger partial charge in [0, 0.05) is 25.7 Å². The summed E-state index contributed by atoms with van der Waals surface area (Å²) in [7, 11) is -3.49. The Bertz CT molecular complexity index is 980. The molecule has 2 aromatic carbocycles. The number of morpholine rings is 1. The highest BCUT2D eigenvalue weighted by molar-refractivity contribution is 7.89. The Hall–Kier alpha value is -2.68. The number of nitrogens with one attached hydrogen (secondary N) is 1. The van der Waals surface area contributed by atoms with Crippen molar-refractivity contribution >= 4 is 22.0 Å². The molecule has 3 rings (SSSR count). The van der Waals surface area contributed by atoms with E-state index in [2.05, 4.69) is 5.32 Å². The molecule has 1 aliphatic rings. The summed E-state index contributed by atoms with van der Waals surface area (Å²) in [5, 5.41) is 2.84. The number of hydrogen-bond donors (Lipinski definition) is 1. The number of benzene rings is 2. The first-order chi connectivity index (χ1) is 15.0. The molecule has 0 bridgehead atoms. The zero-order valence-electron chi connectivity index (χ0n) is 17.6. The number of ether oxygens (including phenoxy) is 2. The minimum atomic E-state index is -3.49. The molecular formula is C23H28N2O5S. The molecule has 1 N–H and O–H groups in total. The van der Waals surface area contributed by atoms with Crippen molar-refractivity contribution in [2.75, 3.05) is 39.5 Å². The van der Waals surface area contributed by atoms with E-state index in [0.717, 1.165) is 16.9 Å². The van der Waals surface area contributed by atoms with E-state index < -0.39 is 10.0 Å². The van der Waals surface area contributed by atoms with Crippen LogP contribution >= 0.6 is 0 Å². The maximum atomic E-state index is 12.6. The molecule has 0 aliphatic carbocycles. The van der Waals surface area contributed by atoms with Crippen LogP contribution in [0.25, 0.3) is 6.08 Å². The summed E-state index contributed by atoms with van der Waals surface area (Å²) in [5.74, 6) is 0.619. The Morgan fingerprint density at radius 3 is 2.42 bits per heavy atom. The Morgan fingerprint density at radius 2 is 1.77 bits per heavy atom. The van der Waals surface area contributed by atoms with Gasteiger partial charge in [-0.2, -0.15) is 4.31 Å². The van der Waals surface area contributed by atoms with E-state index in [1.807, 2.05) is 31.2 Å². The summed E-state index contributed by atoms with van der Waals surface area (Å²) in [6, 6.07) is 14.3. The monoisotopic (exact) mass is 444 g/mol. The first-order valence-electron chi connectivity index (χ1n) is 10.3. The third-order valence-corrected chi connectivity index (χ3v) is 6.78. The number of amides is 1. The van der Waals surface area contributed by atoms with Crippen molar-refractivity contribution in [1.29, 1.82) is 0 Å². The lowest BCUT2D eigenvalue weighted by atomic mass is 10.1. The van der Waals surface area contributed by atoms with Crippen molar-refractivity contribution in [1.82, 2.24) is 9.62 Å². The highest BCUT2D eigenvalue weighted by atomic mass is 32.2. The van der Waals surface area contributed by atoms with Gasteiger partial charge >= 0.3 is 0 Å². The molecule has 166 valence electrons. The van der Waals surface area contributed by atoms with E-state index in [4.69, 9.17) is 9.47 Å². The average Bonchev–Trinajstić information content (AvgIpc) is 2.80. The Balaban J connectivity index is 1.46.